The Balaban J connectivity index is 2.11. The summed E-state index contributed by atoms with van der Waals surface area (Å²) >= 11 is 3.40. The van der Waals surface area contributed by atoms with Gasteiger partial charge < -0.3 is 4.74 Å². The first-order valence-electron chi connectivity index (χ1n) is 6.22. The van der Waals surface area contributed by atoms with E-state index in [2.05, 4.69) is 15.9 Å². The Labute approximate surface area is 121 Å². The second kappa shape index (κ2) is 6.53. The first-order valence-corrected chi connectivity index (χ1v) is 7.01. The van der Waals surface area contributed by atoms with Crippen molar-refractivity contribution in [2.75, 3.05) is 0 Å². The Morgan fingerprint density at radius 3 is 2.32 bits per heavy atom. The number of esters is 1. The molecule has 0 amide bonds. The summed E-state index contributed by atoms with van der Waals surface area (Å²) in [6.07, 6.45) is 0.543. The fraction of sp³-hybridized carbons (Fsp3) is 0.188. The highest BCUT2D eigenvalue weighted by molar-refractivity contribution is 9.10. The van der Waals surface area contributed by atoms with Crippen LogP contribution in [0.3, 0.4) is 0 Å². The van der Waals surface area contributed by atoms with E-state index in [-0.39, 0.29) is 12.1 Å². The molecule has 0 bridgehead atoms. The molecule has 0 aliphatic rings. The summed E-state index contributed by atoms with van der Waals surface area (Å²) in [6, 6.07) is 16.9. The van der Waals surface area contributed by atoms with E-state index in [1.54, 1.807) is 12.1 Å². The van der Waals surface area contributed by atoms with Crippen molar-refractivity contribution in [1.82, 2.24) is 0 Å². The minimum absolute atomic E-state index is 0.208. The van der Waals surface area contributed by atoms with Gasteiger partial charge in [0.05, 0.1) is 5.56 Å². The van der Waals surface area contributed by atoms with Crippen molar-refractivity contribution < 1.29 is 9.53 Å². The minimum Gasteiger partial charge on any atom is -0.454 e. The summed E-state index contributed by atoms with van der Waals surface area (Å²) in [5, 5.41) is 0. The number of rotatable bonds is 4. The van der Waals surface area contributed by atoms with E-state index in [0.717, 1.165) is 16.5 Å². The molecule has 0 aromatic heterocycles. The highest BCUT2D eigenvalue weighted by atomic mass is 79.9. The highest BCUT2D eigenvalue weighted by Crippen LogP contribution is 2.24. The van der Waals surface area contributed by atoms with Crippen molar-refractivity contribution in [1.29, 1.82) is 0 Å². The molecule has 0 saturated carbocycles. The van der Waals surface area contributed by atoms with Gasteiger partial charge in [-0.2, -0.15) is 0 Å². The Morgan fingerprint density at radius 2 is 1.74 bits per heavy atom. The van der Waals surface area contributed by atoms with Crippen molar-refractivity contribution in [2.24, 2.45) is 0 Å². The standard InChI is InChI=1S/C16H15BrO2/c1-2-15(12-8-10-14(17)11-9-12)19-16(18)13-6-4-3-5-7-13/h3-11,15H,2H2,1H3/t15-/m1/s1. The fourth-order valence-electron chi connectivity index (χ4n) is 1.84. The van der Waals surface area contributed by atoms with E-state index in [1.165, 1.54) is 0 Å². The molecule has 1 atom stereocenters. The normalized spacial score (nSPS) is 11.9. The lowest BCUT2D eigenvalue weighted by atomic mass is 10.1. The van der Waals surface area contributed by atoms with Gasteiger partial charge in [0.15, 0.2) is 0 Å². The molecular weight excluding hydrogens is 304 g/mol. The number of benzene rings is 2. The molecule has 0 aliphatic heterocycles. The maximum absolute atomic E-state index is 12.0. The van der Waals surface area contributed by atoms with E-state index < -0.39 is 0 Å². The van der Waals surface area contributed by atoms with Gasteiger partial charge in [0, 0.05) is 4.47 Å². The summed E-state index contributed by atoms with van der Waals surface area (Å²) < 4.78 is 6.57. The Hall–Kier alpha value is -1.61. The Kier molecular flexibility index (Phi) is 4.74. The lowest BCUT2D eigenvalue weighted by Gasteiger charge is -2.16. The third-order valence-electron chi connectivity index (χ3n) is 2.87. The zero-order valence-electron chi connectivity index (χ0n) is 10.7. The van der Waals surface area contributed by atoms with Crippen molar-refractivity contribution in [3.63, 3.8) is 0 Å². The molecule has 0 aliphatic carbocycles. The van der Waals surface area contributed by atoms with Crippen molar-refractivity contribution in [2.45, 2.75) is 19.4 Å². The van der Waals surface area contributed by atoms with Crippen LogP contribution in [0.15, 0.2) is 59.1 Å². The smallest absolute Gasteiger partial charge is 0.338 e. The van der Waals surface area contributed by atoms with Crippen LogP contribution in [-0.4, -0.2) is 5.97 Å². The van der Waals surface area contributed by atoms with Crippen LogP contribution in [0.25, 0.3) is 0 Å². The number of halogens is 1. The van der Waals surface area contributed by atoms with Gasteiger partial charge in [-0.05, 0) is 36.2 Å². The quantitative estimate of drug-likeness (QED) is 0.760. The van der Waals surface area contributed by atoms with Gasteiger partial charge in [-0.1, -0.05) is 53.2 Å². The van der Waals surface area contributed by atoms with E-state index in [9.17, 15) is 4.79 Å². The fourth-order valence-corrected chi connectivity index (χ4v) is 2.10. The zero-order chi connectivity index (χ0) is 13.7. The van der Waals surface area contributed by atoms with Gasteiger partial charge in [-0.3, -0.25) is 0 Å². The second-order valence-corrected chi connectivity index (χ2v) is 5.14. The molecule has 2 rings (SSSR count). The topological polar surface area (TPSA) is 26.3 Å². The van der Waals surface area contributed by atoms with E-state index in [4.69, 9.17) is 4.74 Å². The predicted octanol–water partition coefficient (Wildman–Crippen LogP) is 4.76. The largest absolute Gasteiger partial charge is 0.454 e. The van der Waals surface area contributed by atoms with Gasteiger partial charge >= 0.3 is 5.97 Å². The summed E-state index contributed by atoms with van der Waals surface area (Å²) in [4.78, 5) is 12.0. The third-order valence-corrected chi connectivity index (χ3v) is 3.40. The van der Waals surface area contributed by atoms with E-state index in [0.29, 0.717) is 5.56 Å². The Bertz CT molecular complexity index is 534. The summed E-state index contributed by atoms with van der Waals surface area (Å²) in [5.41, 5.74) is 1.59. The summed E-state index contributed by atoms with van der Waals surface area (Å²) in [7, 11) is 0. The maximum atomic E-state index is 12.0. The molecule has 0 fully saturated rings. The average molecular weight is 319 g/mol. The van der Waals surface area contributed by atoms with E-state index in [1.807, 2.05) is 49.4 Å². The molecule has 0 saturated heterocycles. The number of hydrogen-bond acceptors (Lipinski definition) is 2. The van der Waals surface area contributed by atoms with Crippen molar-refractivity contribution in [3.05, 3.63) is 70.2 Å². The SMILES string of the molecule is CC[C@@H](OC(=O)c1ccccc1)c1ccc(Br)cc1. The molecule has 2 aromatic carbocycles. The number of carbonyl (C=O) groups is 1. The van der Waals surface area contributed by atoms with Crippen LogP contribution in [0.1, 0.15) is 35.4 Å². The third kappa shape index (κ3) is 3.67. The molecule has 0 spiro atoms. The minimum atomic E-state index is -0.282. The number of hydrogen-bond donors (Lipinski definition) is 0. The van der Waals surface area contributed by atoms with E-state index >= 15 is 0 Å². The van der Waals surface area contributed by atoms with Crippen LogP contribution < -0.4 is 0 Å². The molecule has 2 aromatic rings. The summed E-state index contributed by atoms with van der Waals surface area (Å²) in [5.74, 6) is -0.282. The Morgan fingerprint density at radius 1 is 1.11 bits per heavy atom. The lowest BCUT2D eigenvalue weighted by Crippen LogP contribution is -2.11. The van der Waals surface area contributed by atoms with Gasteiger partial charge in [0.1, 0.15) is 6.10 Å². The zero-order valence-corrected chi connectivity index (χ0v) is 12.3. The average Bonchev–Trinajstić information content (AvgIpc) is 2.46. The molecule has 98 valence electrons. The molecule has 3 heteroatoms. The van der Waals surface area contributed by atoms with Gasteiger partial charge in [0.25, 0.3) is 0 Å². The van der Waals surface area contributed by atoms with Crippen LogP contribution in [0.2, 0.25) is 0 Å². The van der Waals surface area contributed by atoms with Crippen LogP contribution in [0.4, 0.5) is 0 Å². The van der Waals surface area contributed by atoms with Gasteiger partial charge in [0.2, 0.25) is 0 Å². The predicted molar refractivity (Wildman–Crippen MR) is 79.0 cm³/mol. The van der Waals surface area contributed by atoms with Crippen LogP contribution in [-0.2, 0) is 4.74 Å². The molecule has 19 heavy (non-hydrogen) atoms. The highest BCUT2D eigenvalue weighted by Gasteiger charge is 2.15. The first kappa shape index (κ1) is 13.8. The van der Waals surface area contributed by atoms with Gasteiger partial charge in [-0.25, -0.2) is 4.79 Å². The van der Waals surface area contributed by atoms with Crippen molar-refractivity contribution in [3.8, 4) is 0 Å². The molecule has 0 heterocycles. The number of ether oxygens (including phenoxy) is 1. The molecule has 0 N–H and O–H groups in total. The number of carbonyl (C=O) groups excluding carboxylic acids is 1. The maximum Gasteiger partial charge on any atom is 0.338 e. The van der Waals surface area contributed by atoms with Crippen LogP contribution in [0, 0.1) is 0 Å². The van der Waals surface area contributed by atoms with Crippen LogP contribution >= 0.6 is 15.9 Å². The van der Waals surface area contributed by atoms with Gasteiger partial charge in [-0.15, -0.1) is 0 Å². The van der Waals surface area contributed by atoms with Crippen molar-refractivity contribution >= 4 is 21.9 Å². The lowest BCUT2D eigenvalue weighted by molar-refractivity contribution is 0.0288. The molecular formula is C16H15BrO2. The molecule has 0 radical (unpaired) electrons. The monoisotopic (exact) mass is 318 g/mol. The molecule has 2 nitrogen and oxygen atoms in total. The van der Waals surface area contributed by atoms with Crippen LogP contribution in [0.5, 0.6) is 0 Å². The second-order valence-electron chi connectivity index (χ2n) is 4.22. The molecule has 0 unspecified atom stereocenters. The first-order chi connectivity index (χ1) is 9.20. The summed E-state index contributed by atoms with van der Waals surface area (Å²) in [6.45, 7) is 2.00.